The lowest BCUT2D eigenvalue weighted by Gasteiger charge is -2.18. The third kappa shape index (κ3) is 6.92. The molecule has 2 N–H and O–H groups in total. The summed E-state index contributed by atoms with van der Waals surface area (Å²) < 4.78 is 11.2. The molecule has 1 aliphatic rings. The van der Waals surface area contributed by atoms with Gasteiger partial charge in [0.05, 0.1) is 11.1 Å². The quantitative estimate of drug-likeness (QED) is 0.409. The van der Waals surface area contributed by atoms with E-state index in [2.05, 4.69) is 26.6 Å². The topological polar surface area (TPSA) is 59.6 Å². The molecule has 0 bridgehead atoms. The second-order valence-electron chi connectivity index (χ2n) is 6.10. The Morgan fingerprint density at radius 1 is 1.24 bits per heavy atom. The summed E-state index contributed by atoms with van der Waals surface area (Å²) in [5, 5.41) is 6.43. The normalized spacial score (nSPS) is 15.3. The molecule has 0 aliphatic heterocycles. The number of nitrogens with one attached hydrogen (secondary N) is 2. The lowest BCUT2D eigenvalue weighted by Crippen LogP contribution is -2.44. The first-order valence-corrected chi connectivity index (χ1v) is 9.83. The molecule has 0 saturated heterocycles. The number of methoxy groups -OCH3 is 1. The Labute approximate surface area is 163 Å². The Morgan fingerprint density at radius 3 is 2.60 bits per heavy atom. The molecule has 2 rings (SSSR count). The number of amides is 1. The fraction of sp³-hybridized carbons (Fsp3) is 0.556. The highest BCUT2D eigenvalue weighted by Gasteiger charge is 2.15. The van der Waals surface area contributed by atoms with Crippen molar-refractivity contribution in [3.63, 3.8) is 0 Å². The van der Waals surface area contributed by atoms with Gasteiger partial charge in [0.25, 0.3) is 5.91 Å². The van der Waals surface area contributed by atoms with E-state index in [1.54, 1.807) is 25.3 Å². The van der Waals surface area contributed by atoms with Gasteiger partial charge < -0.3 is 14.8 Å². The molecule has 7 heteroatoms. The fourth-order valence-corrected chi connectivity index (χ4v) is 3.57. The average molecular weight is 429 g/mol. The van der Waals surface area contributed by atoms with Crippen LogP contribution in [0.5, 0.6) is 5.75 Å². The average Bonchev–Trinajstić information content (AvgIpc) is 2.85. The van der Waals surface area contributed by atoms with Gasteiger partial charge in [-0.05, 0) is 59.2 Å². The smallest absolute Gasteiger partial charge is 0.257 e. The molecule has 1 fully saturated rings. The standard InChI is InChI=1S/C18H25BrN2O3S/c1-23-10-11-24-16-9-8-13(12-15(16)19)17(22)21-18(25)20-14-6-4-2-3-5-7-14/h8-9,12,14H,2-7,10-11H2,1H3,(H2,20,21,22,25). The number of halogens is 1. The maximum atomic E-state index is 12.4. The number of thiocarbonyl (C=S) groups is 1. The third-order valence-electron chi connectivity index (χ3n) is 4.16. The molecule has 138 valence electrons. The SMILES string of the molecule is COCCOc1ccc(C(=O)NC(=S)NC2CCCCCC2)cc1Br. The molecule has 0 radical (unpaired) electrons. The summed E-state index contributed by atoms with van der Waals surface area (Å²) in [6.45, 7) is 0.964. The van der Waals surface area contributed by atoms with Gasteiger partial charge >= 0.3 is 0 Å². The molecule has 0 atom stereocenters. The van der Waals surface area contributed by atoms with Crippen LogP contribution < -0.4 is 15.4 Å². The highest BCUT2D eigenvalue weighted by atomic mass is 79.9. The monoisotopic (exact) mass is 428 g/mol. The first-order valence-electron chi connectivity index (χ1n) is 8.63. The Kier molecular flexibility index (Phi) is 8.64. The minimum Gasteiger partial charge on any atom is -0.490 e. The van der Waals surface area contributed by atoms with Crippen LogP contribution in [0.25, 0.3) is 0 Å². The van der Waals surface area contributed by atoms with Crippen molar-refractivity contribution in [3.05, 3.63) is 28.2 Å². The predicted molar refractivity (Wildman–Crippen MR) is 106 cm³/mol. The van der Waals surface area contributed by atoms with Crippen LogP contribution in [0.15, 0.2) is 22.7 Å². The minimum atomic E-state index is -0.227. The number of rotatable bonds is 6. The number of hydrogen-bond donors (Lipinski definition) is 2. The molecule has 1 aromatic rings. The van der Waals surface area contributed by atoms with Crippen LogP contribution in [0.3, 0.4) is 0 Å². The Bertz CT molecular complexity index is 590. The summed E-state index contributed by atoms with van der Waals surface area (Å²) in [5.74, 6) is 0.447. The van der Waals surface area contributed by atoms with Gasteiger partial charge in [0.2, 0.25) is 0 Å². The zero-order valence-corrected chi connectivity index (χ0v) is 16.9. The van der Waals surface area contributed by atoms with Gasteiger partial charge in [0.15, 0.2) is 5.11 Å². The summed E-state index contributed by atoms with van der Waals surface area (Å²) in [6, 6.07) is 5.57. The van der Waals surface area contributed by atoms with Gasteiger partial charge in [-0.15, -0.1) is 0 Å². The zero-order valence-electron chi connectivity index (χ0n) is 14.5. The van der Waals surface area contributed by atoms with Crippen molar-refractivity contribution >= 4 is 39.2 Å². The van der Waals surface area contributed by atoms with Crippen molar-refractivity contribution in [1.82, 2.24) is 10.6 Å². The van der Waals surface area contributed by atoms with Gasteiger partial charge in [-0.1, -0.05) is 25.7 Å². The van der Waals surface area contributed by atoms with E-state index in [1.807, 2.05) is 0 Å². The summed E-state index contributed by atoms with van der Waals surface area (Å²) in [4.78, 5) is 12.4. The Morgan fingerprint density at radius 2 is 1.96 bits per heavy atom. The van der Waals surface area contributed by atoms with Crippen LogP contribution in [0.2, 0.25) is 0 Å². The van der Waals surface area contributed by atoms with Gasteiger partial charge in [-0.3, -0.25) is 10.1 Å². The molecule has 0 unspecified atom stereocenters. The van der Waals surface area contributed by atoms with E-state index in [0.29, 0.717) is 35.7 Å². The molecule has 1 amide bonds. The fourth-order valence-electron chi connectivity index (χ4n) is 2.81. The Balaban J connectivity index is 1.86. The molecular formula is C18H25BrN2O3S. The highest BCUT2D eigenvalue weighted by Crippen LogP contribution is 2.26. The summed E-state index contributed by atoms with van der Waals surface area (Å²) >= 11 is 8.72. The predicted octanol–water partition coefficient (Wildman–Crippen LogP) is 3.80. The van der Waals surface area contributed by atoms with Gasteiger partial charge in [0, 0.05) is 18.7 Å². The highest BCUT2D eigenvalue weighted by molar-refractivity contribution is 9.10. The molecule has 0 spiro atoms. The van der Waals surface area contributed by atoms with E-state index in [9.17, 15) is 4.79 Å². The second kappa shape index (κ2) is 10.7. The van der Waals surface area contributed by atoms with Gasteiger partial charge in [-0.25, -0.2) is 0 Å². The Hall–Kier alpha value is -1.18. The first-order chi connectivity index (χ1) is 12.1. The van der Waals surface area contributed by atoms with E-state index in [4.69, 9.17) is 21.7 Å². The van der Waals surface area contributed by atoms with E-state index in [1.165, 1.54) is 25.7 Å². The number of carbonyl (C=O) groups excluding carboxylic acids is 1. The molecular weight excluding hydrogens is 404 g/mol. The van der Waals surface area contributed by atoms with Crippen molar-refractivity contribution in [2.24, 2.45) is 0 Å². The van der Waals surface area contributed by atoms with Crippen LogP contribution >= 0.6 is 28.1 Å². The van der Waals surface area contributed by atoms with E-state index < -0.39 is 0 Å². The van der Waals surface area contributed by atoms with Crippen molar-refractivity contribution in [2.45, 2.75) is 44.6 Å². The molecule has 1 aromatic carbocycles. The first kappa shape index (κ1) is 20.1. The van der Waals surface area contributed by atoms with Crippen molar-refractivity contribution in [2.75, 3.05) is 20.3 Å². The van der Waals surface area contributed by atoms with Crippen LogP contribution in [-0.2, 0) is 4.74 Å². The lowest BCUT2D eigenvalue weighted by molar-refractivity contribution is 0.0976. The van der Waals surface area contributed by atoms with E-state index in [-0.39, 0.29) is 5.91 Å². The summed E-state index contributed by atoms with van der Waals surface area (Å²) in [7, 11) is 1.62. The third-order valence-corrected chi connectivity index (χ3v) is 5.00. The lowest BCUT2D eigenvalue weighted by atomic mass is 10.1. The second-order valence-corrected chi connectivity index (χ2v) is 7.37. The van der Waals surface area contributed by atoms with Crippen LogP contribution in [0.1, 0.15) is 48.9 Å². The molecule has 25 heavy (non-hydrogen) atoms. The van der Waals surface area contributed by atoms with E-state index in [0.717, 1.165) is 17.3 Å². The number of benzene rings is 1. The molecule has 1 aliphatic carbocycles. The van der Waals surface area contributed by atoms with Crippen LogP contribution in [-0.4, -0.2) is 37.4 Å². The van der Waals surface area contributed by atoms with E-state index >= 15 is 0 Å². The maximum Gasteiger partial charge on any atom is 0.257 e. The number of hydrogen-bond acceptors (Lipinski definition) is 4. The molecule has 0 aromatic heterocycles. The van der Waals surface area contributed by atoms with Gasteiger partial charge in [-0.2, -0.15) is 0 Å². The minimum absolute atomic E-state index is 0.227. The molecule has 0 heterocycles. The van der Waals surface area contributed by atoms with Gasteiger partial charge in [0.1, 0.15) is 12.4 Å². The molecule has 5 nitrogen and oxygen atoms in total. The van der Waals surface area contributed by atoms with Crippen molar-refractivity contribution < 1.29 is 14.3 Å². The number of carbonyl (C=O) groups is 1. The van der Waals surface area contributed by atoms with Crippen molar-refractivity contribution in [1.29, 1.82) is 0 Å². The summed E-state index contributed by atoms with van der Waals surface area (Å²) in [5.41, 5.74) is 0.524. The maximum absolute atomic E-state index is 12.4. The zero-order chi connectivity index (χ0) is 18.1. The number of ether oxygens (including phenoxy) is 2. The largest absolute Gasteiger partial charge is 0.490 e. The van der Waals surface area contributed by atoms with Crippen LogP contribution in [0, 0.1) is 0 Å². The van der Waals surface area contributed by atoms with Crippen LogP contribution in [0.4, 0.5) is 0 Å². The molecule has 1 saturated carbocycles. The summed E-state index contributed by atoms with van der Waals surface area (Å²) in [6.07, 6.45) is 7.20. The van der Waals surface area contributed by atoms with Crippen molar-refractivity contribution in [3.8, 4) is 5.75 Å².